The molecule has 0 saturated carbocycles. The molecule has 2 aromatic rings. The zero-order chi connectivity index (χ0) is 19.1. The van der Waals surface area contributed by atoms with Crippen molar-refractivity contribution in [2.24, 2.45) is 0 Å². The highest BCUT2D eigenvalue weighted by atomic mass is 16.5. The second-order valence-electron chi connectivity index (χ2n) is 6.34. The summed E-state index contributed by atoms with van der Waals surface area (Å²) >= 11 is 0. The number of benzene rings is 2. The Kier molecular flexibility index (Phi) is 6.68. The van der Waals surface area contributed by atoms with E-state index in [1.807, 2.05) is 30.3 Å². The average molecular weight is 371 g/mol. The van der Waals surface area contributed by atoms with Gasteiger partial charge in [-0.2, -0.15) is 0 Å². The van der Waals surface area contributed by atoms with Gasteiger partial charge in [-0.1, -0.05) is 30.3 Å². The Labute approximate surface area is 159 Å². The summed E-state index contributed by atoms with van der Waals surface area (Å²) in [6.07, 6.45) is 0.496. The highest BCUT2D eigenvalue weighted by molar-refractivity contribution is 5.97. The first-order valence-corrected chi connectivity index (χ1v) is 8.97. The molecule has 6 nitrogen and oxygen atoms in total. The van der Waals surface area contributed by atoms with Crippen LogP contribution < -0.4 is 14.8 Å². The smallest absolute Gasteiger partial charge is 0.255 e. The fraction of sp³-hybridized carbons (Fsp3) is 0.381. The molecule has 0 aromatic heterocycles. The van der Waals surface area contributed by atoms with E-state index in [1.165, 1.54) is 7.11 Å². The second-order valence-corrected chi connectivity index (χ2v) is 6.34. The normalized spacial score (nSPS) is 19.3. The van der Waals surface area contributed by atoms with Crippen LogP contribution in [0.1, 0.15) is 22.3 Å². The standard InChI is InChI=1S/C21H25NO5/c1-24-16-8-9-17(19(12-16)25-2)21(23)22-18-10-11-26-14-20(18)27-13-15-6-4-3-5-7-15/h3-9,12,18,20H,10-11,13-14H2,1-2H3,(H,22,23)/t18-,20-/m1/s1. The molecule has 0 spiro atoms. The van der Waals surface area contributed by atoms with Crippen LogP contribution in [-0.2, 0) is 16.1 Å². The van der Waals surface area contributed by atoms with Gasteiger partial charge in [0.25, 0.3) is 5.91 Å². The maximum absolute atomic E-state index is 12.8. The predicted octanol–water partition coefficient (Wildman–Crippen LogP) is 2.81. The van der Waals surface area contributed by atoms with Crippen molar-refractivity contribution in [2.75, 3.05) is 27.4 Å². The molecular weight excluding hydrogens is 346 g/mol. The molecule has 0 aliphatic carbocycles. The van der Waals surface area contributed by atoms with E-state index in [9.17, 15) is 4.79 Å². The zero-order valence-electron chi connectivity index (χ0n) is 15.6. The molecule has 2 aromatic carbocycles. The Bertz CT molecular complexity index is 749. The first kappa shape index (κ1) is 19.2. The van der Waals surface area contributed by atoms with Crippen LogP contribution in [0.3, 0.4) is 0 Å². The van der Waals surface area contributed by atoms with Gasteiger partial charge in [-0.3, -0.25) is 4.79 Å². The maximum Gasteiger partial charge on any atom is 0.255 e. The number of amides is 1. The molecule has 144 valence electrons. The average Bonchev–Trinajstić information content (AvgIpc) is 2.73. The first-order valence-electron chi connectivity index (χ1n) is 8.97. The fourth-order valence-electron chi connectivity index (χ4n) is 3.05. The lowest BCUT2D eigenvalue weighted by molar-refractivity contribution is -0.0736. The largest absolute Gasteiger partial charge is 0.497 e. The monoisotopic (exact) mass is 371 g/mol. The van der Waals surface area contributed by atoms with Crippen LogP contribution >= 0.6 is 0 Å². The van der Waals surface area contributed by atoms with Gasteiger partial charge in [0.2, 0.25) is 0 Å². The number of carbonyl (C=O) groups is 1. The van der Waals surface area contributed by atoms with E-state index in [0.29, 0.717) is 43.3 Å². The molecule has 0 bridgehead atoms. The minimum absolute atomic E-state index is 0.123. The highest BCUT2D eigenvalue weighted by Gasteiger charge is 2.29. The quantitative estimate of drug-likeness (QED) is 0.811. The second kappa shape index (κ2) is 9.39. The molecule has 0 radical (unpaired) electrons. The number of carbonyl (C=O) groups excluding carboxylic acids is 1. The molecule has 3 rings (SSSR count). The van der Waals surface area contributed by atoms with E-state index < -0.39 is 0 Å². The molecule has 1 aliphatic rings. The van der Waals surface area contributed by atoms with Gasteiger partial charge in [0.1, 0.15) is 17.6 Å². The first-order chi connectivity index (χ1) is 13.2. The van der Waals surface area contributed by atoms with E-state index in [1.54, 1.807) is 25.3 Å². The molecule has 6 heteroatoms. The Morgan fingerprint density at radius 2 is 1.96 bits per heavy atom. The summed E-state index contributed by atoms with van der Waals surface area (Å²) in [4.78, 5) is 12.8. The van der Waals surface area contributed by atoms with Gasteiger partial charge in [0.15, 0.2) is 0 Å². The van der Waals surface area contributed by atoms with E-state index in [4.69, 9.17) is 18.9 Å². The van der Waals surface area contributed by atoms with Crippen molar-refractivity contribution in [1.82, 2.24) is 5.32 Å². The number of nitrogens with one attached hydrogen (secondary N) is 1. The highest BCUT2D eigenvalue weighted by Crippen LogP contribution is 2.25. The molecule has 1 N–H and O–H groups in total. The summed E-state index contributed by atoms with van der Waals surface area (Å²) in [7, 11) is 3.11. The van der Waals surface area contributed by atoms with Crippen LogP contribution in [0.15, 0.2) is 48.5 Å². The number of methoxy groups -OCH3 is 2. The summed E-state index contributed by atoms with van der Waals surface area (Å²) < 4.78 is 22.1. The lowest BCUT2D eigenvalue weighted by Gasteiger charge is -2.32. The molecule has 1 heterocycles. The topological polar surface area (TPSA) is 66.0 Å². The summed E-state index contributed by atoms with van der Waals surface area (Å²) in [5.41, 5.74) is 1.55. The van der Waals surface area contributed by atoms with Crippen LogP contribution in [0.2, 0.25) is 0 Å². The van der Waals surface area contributed by atoms with Crippen LogP contribution in [-0.4, -0.2) is 45.5 Å². The minimum atomic E-state index is -0.202. The van der Waals surface area contributed by atoms with Crippen molar-refractivity contribution < 1.29 is 23.7 Å². The van der Waals surface area contributed by atoms with Crippen LogP contribution in [0, 0.1) is 0 Å². The number of hydrogen-bond donors (Lipinski definition) is 1. The van der Waals surface area contributed by atoms with Crippen molar-refractivity contribution >= 4 is 5.91 Å². The Morgan fingerprint density at radius 3 is 2.70 bits per heavy atom. The van der Waals surface area contributed by atoms with Crippen molar-refractivity contribution in [3.05, 3.63) is 59.7 Å². The maximum atomic E-state index is 12.8. The third-order valence-electron chi connectivity index (χ3n) is 4.58. The van der Waals surface area contributed by atoms with Crippen molar-refractivity contribution in [3.63, 3.8) is 0 Å². The molecular formula is C21H25NO5. The number of ether oxygens (including phenoxy) is 4. The van der Waals surface area contributed by atoms with Crippen LogP contribution in [0.5, 0.6) is 11.5 Å². The number of rotatable bonds is 7. The van der Waals surface area contributed by atoms with Crippen LogP contribution in [0.4, 0.5) is 0 Å². The third-order valence-corrected chi connectivity index (χ3v) is 4.58. The molecule has 1 aliphatic heterocycles. The van der Waals surface area contributed by atoms with Gasteiger partial charge >= 0.3 is 0 Å². The Balaban J connectivity index is 1.66. The van der Waals surface area contributed by atoms with Gasteiger partial charge in [-0.25, -0.2) is 0 Å². The third kappa shape index (κ3) is 4.99. The van der Waals surface area contributed by atoms with Gasteiger partial charge < -0.3 is 24.3 Å². The summed E-state index contributed by atoms with van der Waals surface area (Å²) in [5, 5.41) is 3.07. The van der Waals surface area contributed by atoms with Gasteiger partial charge in [0.05, 0.1) is 39.0 Å². The van der Waals surface area contributed by atoms with E-state index in [-0.39, 0.29) is 18.1 Å². The number of hydrogen-bond acceptors (Lipinski definition) is 5. The van der Waals surface area contributed by atoms with Crippen molar-refractivity contribution in [3.8, 4) is 11.5 Å². The lowest BCUT2D eigenvalue weighted by atomic mass is 10.0. The molecule has 1 saturated heterocycles. The Hall–Kier alpha value is -2.57. The molecule has 2 atom stereocenters. The summed E-state index contributed by atoms with van der Waals surface area (Å²) in [5.74, 6) is 0.911. The van der Waals surface area contributed by atoms with E-state index >= 15 is 0 Å². The van der Waals surface area contributed by atoms with Crippen molar-refractivity contribution in [2.45, 2.75) is 25.2 Å². The Morgan fingerprint density at radius 1 is 1.15 bits per heavy atom. The van der Waals surface area contributed by atoms with Gasteiger partial charge in [0, 0.05) is 12.7 Å². The molecule has 0 unspecified atom stereocenters. The van der Waals surface area contributed by atoms with Gasteiger partial charge in [-0.05, 0) is 24.1 Å². The van der Waals surface area contributed by atoms with Crippen LogP contribution in [0.25, 0.3) is 0 Å². The molecule has 27 heavy (non-hydrogen) atoms. The summed E-state index contributed by atoms with van der Waals surface area (Å²) in [6.45, 7) is 1.53. The van der Waals surface area contributed by atoms with E-state index in [2.05, 4.69) is 5.32 Å². The molecule has 1 fully saturated rings. The predicted molar refractivity (Wildman–Crippen MR) is 101 cm³/mol. The van der Waals surface area contributed by atoms with E-state index in [0.717, 1.165) is 5.56 Å². The zero-order valence-corrected chi connectivity index (χ0v) is 15.6. The lowest BCUT2D eigenvalue weighted by Crippen LogP contribution is -2.50. The SMILES string of the molecule is COc1ccc(C(=O)N[C@@H]2CCOC[C@H]2OCc2ccccc2)c(OC)c1. The summed E-state index contributed by atoms with van der Waals surface area (Å²) in [6, 6.07) is 15.0. The fourth-order valence-corrected chi connectivity index (χ4v) is 3.05. The van der Waals surface area contributed by atoms with Gasteiger partial charge in [-0.15, -0.1) is 0 Å². The van der Waals surface area contributed by atoms with Crippen molar-refractivity contribution in [1.29, 1.82) is 0 Å². The minimum Gasteiger partial charge on any atom is -0.497 e. The molecule has 1 amide bonds.